The molecule has 0 unspecified atom stereocenters. The van der Waals surface area contributed by atoms with Gasteiger partial charge in [0.1, 0.15) is 5.69 Å². The van der Waals surface area contributed by atoms with Crippen LogP contribution in [0.5, 0.6) is 0 Å². The highest BCUT2D eigenvalue weighted by molar-refractivity contribution is 5.87. The molecule has 5 rings (SSSR count). The van der Waals surface area contributed by atoms with E-state index in [0.717, 1.165) is 0 Å². The molecule has 0 radical (unpaired) electrons. The standard InChI is InChI=1S/C17H9N9O6/c27-16(28)9-1-11-18-3-7(5-24(11)22-9)13-15(26(31)32)14(21-20-13)8-4-19-12-2-10(17(29)30)23-25(12)6-8/h1-6H,(H,20,21)(H,27,28)(H,29,30). The normalized spacial score (nSPS) is 11.2. The van der Waals surface area contributed by atoms with Crippen LogP contribution in [-0.2, 0) is 0 Å². The lowest BCUT2D eigenvalue weighted by atomic mass is 10.1. The Morgan fingerprint density at radius 2 is 1.47 bits per heavy atom. The van der Waals surface area contributed by atoms with Crippen LogP contribution in [0.15, 0.2) is 36.9 Å². The number of hydrogen-bond acceptors (Lipinski definition) is 9. The fourth-order valence-corrected chi connectivity index (χ4v) is 3.13. The van der Waals surface area contributed by atoms with Gasteiger partial charge in [-0.25, -0.2) is 28.6 Å². The molecule has 0 amide bonds. The van der Waals surface area contributed by atoms with Crippen LogP contribution in [0.1, 0.15) is 21.0 Å². The molecule has 5 aromatic heterocycles. The predicted octanol–water partition coefficient (Wildman–Crippen LogP) is 1.13. The number of nitro groups is 1. The second-order valence-electron chi connectivity index (χ2n) is 6.51. The Labute approximate surface area is 174 Å². The van der Waals surface area contributed by atoms with E-state index in [9.17, 15) is 19.7 Å². The zero-order valence-corrected chi connectivity index (χ0v) is 15.6. The molecule has 158 valence electrons. The Balaban J connectivity index is 1.63. The zero-order chi connectivity index (χ0) is 22.6. The summed E-state index contributed by atoms with van der Waals surface area (Å²) in [7, 11) is 0. The van der Waals surface area contributed by atoms with Crippen LogP contribution in [0.25, 0.3) is 33.8 Å². The van der Waals surface area contributed by atoms with Gasteiger partial charge >= 0.3 is 17.6 Å². The first-order chi connectivity index (χ1) is 15.3. The first-order valence-corrected chi connectivity index (χ1v) is 8.73. The molecule has 0 spiro atoms. The van der Waals surface area contributed by atoms with Gasteiger partial charge in [0.15, 0.2) is 28.4 Å². The average Bonchev–Trinajstić information content (AvgIpc) is 3.47. The van der Waals surface area contributed by atoms with Gasteiger partial charge in [-0.3, -0.25) is 15.2 Å². The van der Waals surface area contributed by atoms with Crippen molar-refractivity contribution in [3.8, 4) is 22.5 Å². The molecule has 15 heteroatoms. The molecule has 5 aromatic rings. The van der Waals surface area contributed by atoms with Crippen molar-refractivity contribution in [1.82, 2.24) is 39.4 Å². The van der Waals surface area contributed by atoms with Gasteiger partial charge in [-0.05, 0) is 0 Å². The molecule has 0 aromatic carbocycles. The minimum Gasteiger partial charge on any atom is -0.476 e. The Hall–Kier alpha value is -5.21. The highest BCUT2D eigenvalue weighted by Gasteiger charge is 2.28. The molecule has 0 saturated heterocycles. The van der Waals surface area contributed by atoms with Crippen LogP contribution in [-0.4, -0.2) is 66.5 Å². The largest absolute Gasteiger partial charge is 0.476 e. The number of nitrogens with one attached hydrogen (secondary N) is 1. The molecule has 32 heavy (non-hydrogen) atoms. The molecule has 0 aliphatic heterocycles. The van der Waals surface area contributed by atoms with Gasteiger partial charge in [0, 0.05) is 48.0 Å². The summed E-state index contributed by atoms with van der Waals surface area (Å²) in [6.45, 7) is 0. The predicted molar refractivity (Wildman–Crippen MR) is 103 cm³/mol. The molecule has 0 aliphatic rings. The minimum atomic E-state index is -1.24. The van der Waals surface area contributed by atoms with Crippen LogP contribution in [0.3, 0.4) is 0 Å². The monoisotopic (exact) mass is 435 g/mol. The molecule has 5 heterocycles. The third-order valence-corrected chi connectivity index (χ3v) is 4.55. The summed E-state index contributed by atoms with van der Waals surface area (Å²) >= 11 is 0. The topological polar surface area (TPSA) is 207 Å². The number of hydrogen-bond donors (Lipinski definition) is 3. The molecule has 0 bridgehead atoms. The van der Waals surface area contributed by atoms with E-state index in [1.165, 1.54) is 46.0 Å². The van der Waals surface area contributed by atoms with E-state index >= 15 is 0 Å². The SMILES string of the molecule is O=C(O)c1cc2ncc(-c3n[nH]c(-c4cnc5cc(C(=O)O)nn5c4)c3[N+](=O)[O-])cn2n1. The van der Waals surface area contributed by atoms with Gasteiger partial charge in [-0.1, -0.05) is 0 Å². The molecule has 0 aliphatic carbocycles. The maximum absolute atomic E-state index is 11.9. The maximum Gasteiger partial charge on any atom is 0.356 e. The first kappa shape index (κ1) is 18.8. The summed E-state index contributed by atoms with van der Waals surface area (Å²) in [6, 6.07) is 2.52. The molecule has 15 nitrogen and oxygen atoms in total. The number of aromatic nitrogens is 8. The average molecular weight is 435 g/mol. The van der Waals surface area contributed by atoms with Crippen LogP contribution >= 0.6 is 0 Å². The molecule has 0 fully saturated rings. The van der Waals surface area contributed by atoms with E-state index in [4.69, 9.17) is 10.2 Å². The lowest BCUT2D eigenvalue weighted by Crippen LogP contribution is -1.99. The number of rotatable bonds is 5. The first-order valence-electron chi connectivity index (χ1n) is 8.73. The zero-order valence-electron chi connectivity index (χ0n) is 15.6. The Morgan fingerprint density at radius 3 is 2.00 bits per heavy atom. The summed E-state index contributed by atoms with van der Waals surface area (Å²) in [4.78, 5) is 41.6. The van der Waals surface area contributed by atoms with E-state index in [2.05, 4.69) is 30.4 Å². The second kappa shape index (κ2) is 6.66. The third-order valence-electron chi connectivity index (χ3n) is 4.55. The van der Waals surface area contributed by atoms with Crippen molar-refractivity contribution in [2.45, 2.75) is 0 Å². The fourth-order valence-electron chi connectivity index (χ4n) is 3.13. The number of carbonyl (C=O) groups is 2. The quantitative estimate of drug-likeness (QED) is 0.263. The third kappa shape index (κ3) is 2.88. The summed E-state index contributed by atoms with van der Waals surface area (Å²) < 4.78 is 2.37. The smallest absolute Gasteiger partial charge is 0.356 e. The lowest BCUT2D eigenvalue weighted by molar-refractivity contribution is -0.383. The number of carboxylic acids is 2. The number of H-pyrrole nitrogens is 1. The number of aromatic amines is 1. The second-order valence-corrected chi connectivity index (χ2v) is 6.51. The van der Waals surface area contributed by atoms with Crippen molar-refractivity contribution in [3.63, 3.8) is 0 Å². The van der Waals surface area contributed by atoms with Crippen molar-refractivity contribution < 1.29 is 24.7 Å². The van der Waals surface area contributed by atoms with Crippen LogP contribution < -0.4 is 0 Å². The van der Waals surface area contributed by atoms with Crippen LogP contribution in [0.2, 0.25) is 0 Å². The summed E-state index contributed by atoms with van der Waals surface area (Å²) in [5, 5.41) is 44.4. The highest BCUT2D eigenvalue weighted by Crippen LogP contribution is 2.36. The summed E-state index contributed by atoms with van der Waals surface area (Å²) in [5.74, 6) is -2.47. The van der Waals surface area contributed by atoms with Gasteiger partial charge in [0.05, 0.1) is 4.92 Å². The number of carboxylic acid groups (broad SMARTS) is 2. The van der Waals surface area contributed by atoms with Crippen molar-refractivity contribution >= 4 is 28.9 Å². The number of fused-ring (bicyclic) bond motifs is 2. The van der Waals surface area contributed by atoms with Gasteiger partial charge in [0.2, 0.25) is 0 Å². The van der Waals surface area contributed by atoms with Gasteiger partial charge < -0.3 is 10.2 Å². The van der Waals surface area contributed by atoms with E-state index in [-0.39, 0.29) is 50.9 Å². The summed E-state index contributed by atoms with van der Waals surface area (Å²) in [5.41, 5.74) is 0.0566. The van der Waals surface area contributed by atoms with Gasteiger partial charge in [-0.15, -0.1) is 0 Å². The Morgan fingerprint density at radius 1 is 0.938 bits per heavy atom. The molecule has 0 saturated carbocycles. The fraction of sp³-hybridized carbons (Fsp3) is 0. The van der Waals surface area contributed by atoms with Crippen LogP contribution in [0, 0.1) is 10.1 Å². The van der Waals surface area contributed by atoms with E-state index < -0.39 is 16.9 Å². The Bertz CT molecular complexity index is 1470. The van der Waals surface area contributed by atoms with E-state index in [1.54, 1.807) is 0 Å². The van der Waals surface area contributed by atoms with E-state index in [1.807, 2.05) is 0 Å². The minimum absolute atomic E-state index is 0.0126. The van der Waals surface area contributed by atoms with Crippen molar-refractivity contribution in [1.29, 1.82) is 0 Å². The highest BCUT2D eigenvalue weighted by atomic mass is 16.6. The maximum atomic E-state index is 11.9. The Kier molecular flexibility index (Phi) is 3.91. The lowest BCUT2D eigenvalue weighted by Gasteiger charge is -2.00. The van der Waals surface area contributed by atoms with Gasteiger partial charge in [-0.2, -0.15) is 15.3 Å². The van der Waals surface area contributed by atoms with Crippen molar-refractivity contribution in [3.05, 3.63) is 58.4 Å². The number of aromatic carboxylic acids is 2. The van der Waals surface area contributed by atoms with Crippen molar-refractivity contribution in [2.24, 2.45) is 0 Å². The van der Waals surface area contributed by atoms with E-state index in [0.29, 0.717) is 0 Å². The molecular formula is C17H9N9O6. The molecule has 3 N–H and O–H groups in total. The van der Waals surface area contributed by atoms with Crippen LogP contribution in [0.4, 0.5) is 5.69 Å². The number of nitrogens with zero attached hydrogens (tertiary/aromatic N) is 8. The molecule has 0 atom stereocenters. The summed E-state index contributed by atoms with van der Waals surface area (Å²) in [6.07, 6.45) is 5.38. The van der Waals surface area contributed by atoms with Crippen molar-refractivity contribution in [2.75, 3.05) is 0 Å². The van der Waals surface area contributed by atoms with Gasteiger partial charge in [0.25, 0.3) is 0 Å². The molecular weight excluding hydrogens is 426 g/mol.